The van der Waals surface area contributed by atoms with Crippen molar-refractivity contribution in [3.05, 3.63) is 24.0 Å². The summed E-state index contributed by atoms with van der Waals surface area (Å²) in [6.07, 6.45) is 0. The number of hydrogen-bond acceptors (Lipinski definition) is 4. The van der Waals surface area contributed by atoms with E-state index in [1.807, 2.05) is 7.05 Å². The predicted molar refractivity (Wildman–Crippen MR) is 70.4 cm³/mol. The normalized spacial score (nSPS) is 16.4. The first kappa shape index (κ1) is 13.6. The number of amides is 1. The lowest BCUT2D eigenvalue weighted by molar-refractivity contribution is -0.134. The Bertz CT molecular complexity index is 459. The highest BCUT2D eigenvalue weighted by molar-refractivity contribution is 5.77. The Balaban J connectivity index is 1.84. The van der Waals surface area contributed by atoms with Gasteiger partial charge in [-0.25, -0.2) is 4.39 Å². The SMILES string of the molecule is CN1CCN(C(=O)COc2ccc(N)c(F)c2)CC1. The number of hydrogen-bond donors (Lipinski definition) is 1. The van der Waals surface area contributed by atoms with Crippen LogP contribution < -0.4 is 10.5 Å². The standard InChI is InChI=1S/C13H18FN3O2/c1-16-4-6-17(7-5-16)13(18)9-19-10-2-3-12(15)11(14)8-10/h2-3,8H,4-7,9,15H2,1H3. The molecular weight excluding hydrogens is 249 g/mol. The van der Waals surface area contributed by atoms with Gasteiger partial charge in [0.1, 0.15) is 11.6 Å². The van der Waals surface area contributed by atoms with Crippen molar-refractivity contribution in [1.29, 1.82) is 0 Å². The van der Waals surface area contributed by atoms with Crippen LogP contribution in [-0.4, -0.2) is 55.5 Å². The Hall–Kier alpha value is -1.82. The van der Waals surface area contributed by atoms with Crippen LogP contribution in [0.1, 0.15) is 0 Å². The number of rotatable bonds is 3. The van der Waals surface area contributed by atoms with Crippen LogP contribution in [0.4, 0.5) is 10.1 Å². The van der Waals surface area contributed by atoms with E-state index in [0.717, 1.165) is 13.1 Å². The van der Waals surface area contributed by atoms with E-state index in [4.69, 9.17) is 10.5 Å². The number of benzene rings is 1. The fourth-order valence-electron chi connectivity index (χ4n) is 1.89. The van der Waals surface area contributed by atoms with E-state index in [2.05, 4.69) is 4.90 Å². The van der Waals surface area contributed by atoms with Gasteiger partial charge in [0.05, 0.1) is 5.69 Å². The molecule has 1 aliphatic heterocycles. The third-order valence-corrected chi connectivity index (χ3v) is 3.19. The number of carbonyl (C=O) groups excluding carboxylic acids is 1. The maximum atomic E-state index is 13.2. The number of carbonyl (C=O) groups is 1. The molecule has 1 fully saturated rings. The molecule has 0 aliphatic carbocycles. The van der Waals surface area contributed by atoms with Crippen molar-refractivity contribution in [2.75, 3.05) is 45.6 Å². The van der Waals surface area contributed by atoms with Gasteiger partial charge in [0.15, 0.2) is 6.61 Å². The predicted octanol–water partition coefficient (Wildman–Crippen LogP) is 0.561. The Kier molecular flexibility index (Phi) is 4.21. The van der Waals surface area contributed by atoms with E-state index in [1.165, 1.54) is 12.1 Å². The van der Waals surface area contributed by atoms with Gasteiger partial charge in [0, 0.05) is 32.2 Å². The molecule has 0 radical (unpaired) electrons. The molecule has 1 aliphatic rings. The quantitative estimate of drug-likeness (QED) is 0.813. The smallest absolute Gasteiger partial charge is 0.260 e. The zero-order valence-electron chi connectivity index (χ0n) is 10.9. The van der Waals surface area contributed by atoms with E-state index >= 15 is 0 Å². The molecule has 104 valence electrons. The lowest BCUT2D eigenvalue weighted by Crippen LogP contribution is -2.48. The number of likely N-dealkylation sites (N-methyl/N-ethyl adjacent to an activating group) is 1. The number of piperazine rings is 1. The molecule has 19 heavy (non-hydrogen) atoms. The molecule has 2 rings (SSSR count). The molecular formula is C13H18FN3O2. The van der Waals surface area contributed by atoms with Gasteiger partial charge in [-0.2, -0.15) is 0 Å². The van der Waals surface area contributed by atoms with Crippen molar-refractivity contribution in [3.63, 3.8) is 0 Å². The molecule has 5 nitrogen and oxygen atoms in total. The van der Waals surface area contributed by atoms with E-state index in [9.17, 15) is 9.18 Å². The van der Waals surface area contributed by atoms with Crippen LogP contribution in [0, 0.1) is 5.82 Å². The average molecular weight is 267 g/mol. The number of anilines is 1. The molecule has 0 unspecified atom stereocenters. The van der Waals surface area contributed by atoms with Crippen LogP contribution in [0.25, 0.3) is 0 Å². The number of halogens is 1. The fourth-order valence-corrected chi connectivity index (χ4v) is 1.89. The summed E-state index contributed by atoms with van der Waals surface area (Å²) in [6.45, 7) is 3.06. The van der Waals surface area contributed by atoms with Crippen molar-refractivity contribution in [1.82, 2.24) is 9.80 Å². The van der Waals surface area contributed by atoms with Crippen molar-refractivity contribution >= 4 is 11.6 Å². The Morgan fingerprint density at radius 2 is 2.05 bits per heavy atom. The van der Waals surface area contributed by atoms with Crippen LogP contribution in [0.15, 0.2) is 18.2 Å². The third kappa shape index (κ3) is 3.57. The fraction of sp³-hybridized carbons (Fsp3) is 0.462. The van der Waals surface area contributed by atoms with E-state index < -0.39 is 5.82 Å². The molecule has 0 atom stereocenters. The first-order valence-corrected chi connectivity index (χ1v) is 6.20. The maximum absolute atomic E-state index is 13.2. The summed E-state index contributed by atoms with van der Waals surface area (Å²) < 4.78 is 18.5. The van der Waals surface area contributed by atoms with E-state index in [-0.39, 0.29) is 18.2 Å². The second-order valence-electron chi connectivity index (χ2n) is 4.66. The molecule has 6 heteroatoms. The maximum Gasteiger partial charge on any atom is 0.260 e. The lowest BCUT2D eigenvalue weighted by Gasteiger charge is -2.32. The number of ether oxygens (including phenoxy) is 1. The Morgan fingerprint density at radius 3 is 2.68 bits per heavy atom. The highest BCUT2D eigenvalue weighted by Crippen LogP contribution is 2.18. The molecule has 0 bridgehead atoms. The van der Waals surface area contributed by atoms with E-state index in [1.54, 1.807) is 11.0 Å². The van der Waals surface area contributed by atoms with Crippen molar-refractivity contribution in [2.24, 2.45) is 0 Å². The monoisotopic (exact) mass is 267 g/mol. The minimum atomic E-state index is -0.537. The zero-order chi connectivity index (χ0) is 13.8. The molecule has 1 saturated heterocycles. The summed E-state index contributed by atoms with van der Waals surface area (Å²) in [4.78, 5) is 15.8. The van der Waals surface area contributed by atoms with Crippen molar-refractivity contribution < 1.29 is 13.9 Å². The summed E-state index contributed by atoms with van der Waals surface area (Å²) in [6, 6.07) is 4.16. The highest BCUT2D eigenvalue weighted by Gasteiger charge is 2.19. The highest BCUT2D eigenvalue weighted by atomic mass is 19.1. The zero-order valence-corrected chi connectivity index (χ0v) is 10.9. The Morgan fingerprint density at radius 1 is 1.37 bits per heavy atom. The number of nitrogens with two attached hydrogens (primary N) is 1. The summed E-state index contributed by atoms with van der Waals surface area (Å²) in [5.74, 6) is -0.302. The van der Waals surface area contributed by atoms with Gasteiger partial charge in [-0.05, 0) is 19.2 Å². The van der Waals surface area contributed by atoms with Gasteiger partial charge in [-0.1, -0.05) is 0 Å². The second kappa shape index (κ2) is 5.88. The molecule has 1 heterocycles. The van der Waals surface area contributed by atoms with E-state index in [0.29, 0.717) is 18.8 Å². The Labute approximate surface area is 111 Å². The molecule has 1 amide bonds. The topological polar surface area (TPSA) is 58.8 Å². The first-order valence-electron chi connectivity index (χ1n) is 6.20. The van der Waals surface area contributed by atoms with Crippen LogP contribution in [0.5, 0.6) is 5.75 Å². The van der Waals surface area contributed by atoms with Gasteiger partial charge in [-0.3, -0.25) is 4.79 Å². The third-order valence-electron chi connectivity index (χ3n) is 3.19. The number of nitrogen functional groups attached to an aromatic ring is 1. The molecule has 0 spiro atoms. The summed E-state index contributed by atoms with van der Waals surface area (Å²) in [7, 11) is 2.02. The van der Waals surface area contributed by atoms with Crippen molar-refractivity contribution in [3.8, 4) is 5.75 Å². The van der Waals surface area contributed by atoms with Crippen molar-refractivity contribution in [2.45, 2.75) is 0 Å². The van der Waals surface area contributed by atoms with Gasteiger partial charge in [-0.15, -0.1) is 0 Å². The van der Waals surface area contributed by atoms with Crippen LogP contribution in [0.2, 0.25) is 0 Å². The number of nitrogens with zero attached hydrogens (tertiary/aromatic N) is 2. The van der Waals surface area contributed by atoms with Gasteiger partial charge in [0.25, 0.3) is 5.91 Å². The average Bonchev–Trinajstić information content (AvgIpc) is 2.40. The summed E-state index contributed by atoms with van der Waals surface area (Å²) >= 11 is 0. The molecule has 2 N–H and O–H groups in total. The van der Waals surface area contributed by atoms with Gasteiger partial charge in [0.2, 0.25) is 0 Å². The van der Waals surface area contributed by atoms with Gasteiger partial charge < -0.3 is 20.3 Å². The lowest BCUT2D eigenvalue weighted by atomic mass is 10.3. The summed E-state index contributed by atoms with van der Waals surface area (Å²) in [5.41, 5.74) is 5.43. The van der Waals surface area contributed by atoms with Crippen LogP contribution in [0.3, 0.4) is 0 Å². The molecule has 0 aromatic heterocycles. The van der Waals surface area contributed by atoms with Gasteiger partial charge >= 0.3 is 0 Å². The van der Waals surface area contributed by atoms with Crippen LogP contribution in [-0.2, 0) is 4.79 Å². The minimum absolute atomic E-state index is 0.0674. The molecule has 1 aromatic rings. The largest absolute Gasteiger partial charge is 0.484 e. The first-order chi connectivity index (χ1) is 9.06. The van der Waals surface area contributed by atoms with Crippen LogP contribution >= 0.6 is 0 Å². The second-order valence-corrected chi connectivity index (χ2v) is 4.66. The minimum Gasteiger partial charge on any atom is -0.484 e. The molecule has 1 aromatic carbocycles. The molecule has 0 saturated carbocycles. The summed E-state index contributed by atoms with van der Waals surface area (Å²) in [5, 5.41) is 0.